The van der Waals surface area contributed by atoms with E-state index >= 15 is 0 Å². The lowest BCUT2D eigenvalue weighted by molar-refractivity contribution is 0.324. The zero-order valence-electron chi connectivity index (χ0n) is 11.4. The fourth-order valence-electron chi connectivity index (χ4n) is 2.11. The molecule has 0 aliphatic rings. The Labute approximate surface area is 100 Å². The number of hydrogen-bond acceptors (Lipinski definition) is 1. The Kier molecular flexibility index (Phi) is 4.55. The first-order valence-corrected chi connectivity index (χ1v) is 6.15. The quantitative estimate of drug-likeness (QED) is 0.799. The van der Waals surface area contributed by atoms with Gasteiger partial charge in [0.1, 0.15) is 0 Å². The van der Waals surface area contributed by atoms with Crippen LogP contribution in [0.4, 0.5) is 0 Å². The molecule has 0 heterocycles. The van der Waals surface area contributed by atoms with Crippen molar-refractivity contribution in [1.82, 2.24) is 5.32 Å². The first-order chi connectivity index (χ1) is 7.44. The van der Waals surface area contributed by atoms with E-state index in [0.717, 1.165) is 6.54 Å². The molecule has 1 nitrogen and oxygen atoms in total. The van der Waals surface area contributed by atoms with Crippen LogP contribution in [0.5, 0.6) is 0 Å². The van der Waals surface area contributed by atoms with E-state index < -0.39 is 0 Å². The third-order valence-electron chi connectivity index (χ3n) is 3.23. The summed E-state index contributed by atoms with van der Waals surface area (Å²) >= 11 is 0. The van der Waals surface area contributed by atoms with Gasteiger partial charge in [-0.1, -0.05) is 37.6 Å². The molecule has 0 amide bonds. The maximum Gasteiger partial charge on any atom is -0.0000373 e. The third kappa shape index (κ3) is 3.97. The summed E-state index contributed by atoms with van der Waals surface area (Å²) in [5, 5.41) is 3.27. The molecule has 0 saturated carbocycles. The molecular formula is C15H25N. The Bertz CT molecular complexity index is 339. The fourth-order valence-corrected chi connectivity index (χ4v) is 2.11. The number of aryl methyl sites for hydroxylation is 3. The number of nitrogens with one attached hydrogen (secondary N) is 1. The largest absolute Gasteiger partial charge is 0.319 e. The van der Waals surface area contributed by atoms with Gasteiger partial charge in [-0.05, 0) is 56.8 Å². The summed E-state index contributed by atoms with van der Waals surface area (Å²) in [6.07, 6.45) is 2.42. The Balaban J connectivity index is 2.63. The summed E-state index contributed by atoms with van der Waals surface area (Å²) in [6, 6.07) is 6.75. The summed E-state index contributed by atoms with van der Waals surface area (Å²) in [4.78, 5) is 0. The second kappa shape index (κ2) is 5.49. The number of hydrogen-bond donors (Lipinski definition) is 1. The molecule has 16 heavy (non-hydrogen) atoms. The highest BCUT2D eigenvalue weighted by Gasteiger charge is 2.16. The van der Waals surface area contributed by atoms with Crippen LogP contribution in [0.25, 0.3) is 0 Å². The summed E-state index contributed by atoms with van der Waals surface area (Å²) in [6.45, 7) is 10.1. The molecule has 0 radical (unpaired) electrons. The molecule has 1 rings (SSSR count). The Morgan fingerprint density at radius 2 is 1.88 bits per heavy atom. The van der Waals surface area contributed by atoms with Crippen molar-refractivity contribution < 1.29 is 0 Å². The van der Waals surface area contributed by atoms with Gasteiger partial charge in [-0.15, -0.1) is 0 Å². The van der Waals surface area contributed by atoms with Crippen molar-refractivity contribution in [2.45, 2.75) is 40.5 Å². The molecule has 0 unspecified atom stereocenters. The maximum absolute atomic E-state index is 3.27. The van der Waals surface area contributed by atoms with Crippen LogP contribution in [-0.4, -0.2) is 13.6 Å². The average Bonchev–Trinajstić information content (AvgIpc) is 2.19. The van der Waals surface area contributed by atoms with Crippen molar-refractivity contribution in [3.63, 3.8) is 0 Å². The van der Waals surface area contributed by atoms with Gasteiger partial charge in [0.15, 0.2) is 0 Å². The van der Waals surface area contributed by atoms with Crippen LogP contribution in [0.15, 0.2) is 18.2 Å². The lowest BCUT2D eigenvalue weighted by Crippen LogP contribution is -2.27. The highest BCUT2D eigenvalue weighted by Crippen LogP contribution is 2.23. The van der Waals surface area contributed by atoms with Gasteiger partial charge in [-0.2, -0.15) is 0 Å². The van der Waals surface area contributed by atoms with Gasteiger partial charge in [0.05, 0.1) is 0 Å². The fraction of sp³-hybridized carbons (Fsp3) is 0.600. The van der Waals surface area contributed by atoms with Crippen LogP contribution < -0.4 is 5.32 Å². The molecule has 0 aliphatic heterocycles. The molecule has 0 aromatic heterocycles. The summed E-state index contributed by atoms with van der Waals surface area (Å²) in [7, 11) is 2.03. The van der Waals surface area contributed by atoms with E-state index in [-0.39, 0.29) is 0 Å². The highest BCUT2D eigenvalue weighted by atomic mass is 14.8. The maximum atomic E-state index is 3.27. The minimum Gasteiger partial charge on any atom is -0.319 e. The van der Waals surface area contributed by atoms with Gasteiger partial charge in [0.25, 0.3) is 0 Å². The molecule has 0 fully saturated rings. The van der Waals surface area contributed by atoms with Crippen molar-refractivity contribution in [1.29, 1.82) is 0 Å². The van der Waals surface area contributed by atoms with E-state index in [2.05, 4.69) is 51.2 Å². The van der Waals surface area contributed by atoms with E-state index in [4.69, 9.17) is 0 Å². The van der Waals surface area contributed by atoms with Gasteiger partial charge in [0, 0.05) is 0 Å². The van der Waals surface area contributed by atoms with Crippen LogP contribution in [0.2, 0.25) is 0 Å². The Morgan fingerprint density at radius 1 is 1.19 bits per heavy atom. The van der Waals surface area contributed by atoms with Gasteiger partial charge in [-0.25, -0.2) is 0 Å². The molecule has 90 valence electrons. The van der Waals surface area contributed by atoms with Crippen LogP contribution in [-0.2, 0) is 6.42 Å². The second-order valence-corrected chi connectivity index (χ2v) is 5.62. The number of rotatable bonds is 5. The van der Waals surface area contributed by atoms with Crippen molar-refractivity contribution in [3.05, 3.63) is 34.9 Å². The molecule has 0 bridgehead atoms. The normalized spacial score (nSPS) is 11.8. The predicted octanol–water partition coefficient (Wildman–Crippen LogP) is 3.48. The van der Waals surface area contributed by atoms with Gasteiger partial charge < -0.3 is 5.32 Å². The molecule has 0 spiro atoms. The molecule has 1 aromatic rings. The summed E-state index contributed by atoms with van der Waals surface area (Å²) in [5.41, 5.74) is 4.67. The van der Waals surface area contributed by atoms with Crippen molar-refractivity contribution in [3.8, 4) is 0 Å². The lowest BCUT2D eigenvalue weighted by Gasteiger charge is -2.24. The Hall–Kier alpha value is -0.820. The molecule has 1 N–H and O–H groups in total. The van der Waals surface area contributed by atoms with Crippen LogP contribution in [0.3, 0.4) is 0 Å². The zero-order chi connectivity index (χ0) is 12.2. The van der Waals surface area contributed by atoms with Gasteiger partial charge in [0.2, 0.25) is 0 Å². The van der Waals surface area contributed by atoms with Crippen molar-refractivity contribution in [2.24, 2.45) is 5.41 Å². The molecule has 0 aliphatic carbocycles. The minimum atomic E-state index is 0.380. The first-order valence-electron chi connectivity index (χ1n) is 6.15. The molecule has 0 saturated heterocycles. The monoisotopic (exact) mass is 219 g/mol. The highest BCUT2D eigenvalue weighted by molar-refractivity contribution is 5.30. The average molecular weight is 219 g/mol. The van der Waals surface area contributed by atoms with E-state index in [1.54, 1.807) is 0 Å². The van der Waals surface area contributed by atoms with Crippen LogP contribution in [0.1, 0.15) is 37.0 Å². The molecule has 1 heteroatoms. The molecular weight excluding hydrogens is 194 g/mol. The predicted molar refractivity (Wildman–Crippen MR) is 71.9 cm³/mol. The van der Waals surface area contributed by atoms with Crippen molar-refractivity contribution >= 4 is 0 Å². The van der Waals surface area contributed by atoms with Crippen LogP contribution >= 0.6 is 0 Å². The molecule has 1 aromatic carbocycles. The smallest absolute Gasteiger partial charge is 0.0000373 e. The second-order valence-electron chi connectivity index (χ2n) is 5.62. The van der Waals surface area contributed by atoms with E-state index in [1.807, 2.05) is 7.05 Å². The van der Waals surface area contributed by atoms with E-state index in [0.29, 0.717) is 5.41 Å². The molecule has 0 atom stereocenters. The number of benzene rings is 1. The summed E-state index contributed by atoms with van der Waals surface area (Å²) < 4.78 is 0. The van der Waals surface area contributed by atoms with Crippen molar-refractivity contribution in [2.75, 3.05) is 13.6 Å². The van der Waals surface area contributed by atoms with E-state index in [9.17, 15) is 0 Å². The minimum absolute atomic E-state index is 0.380. The van der Waals surface area contributed by atoms with Gasteiger partial charge >= 0.3 is 0 Å². The Morgan fingerprint density at radius 3 is 2.50 bits per heavy atom. The van der Waals surface area contributed by atoms with E-state index in [1.165, 1.54) is 29.5 Å². The van der Waals surface area contributed by atoms with Crippen LogP contribution in [0, 0.1) is 19.3 Å². The summed E-state index contributed by atoms with van der Waals surface area (Å²) in [5.74, 6) is 0. The third-order valence-corrected chi connectivity index (χ3v) is 3.23. The SMILES string of the molecule is CNCC(C)(C)CCc1cc(C)ccc1C. The topological polar surface area (TPSA) is 12.0 Å². The lowest BCUT2D eigenvalue weighted by atomic mass is 9.85. The standard InChI is InChI=1S/C15H25N/c1-12-6-7-13(2)14(10-12)8-9-15(3,4)11-16-5/h6-7,10,16H,8-9,11H2,1-5H3. The van der Waals surface area contributed by atoms with Gasteiger partial charge in [-0.3, -0.25) is 0 Å². The zero-order valence-corrected chi connectivity index (χ0v) is 11.4. The first kappa shape index (κ1) is 13.2.